The minimum atomic E-state index is -0.905. The summed E-state index contributed by atoms with van der Waals surface area (Å²) >= 11 is 6.00. The van der Waals surface area contributed by atoms with E-state index in [0.29, 0.717) is 30.4 Å². The zero-order chi connectivity index (χ0) is 17.5. The van der Waals surface area contributed by atoms with Crippen LogP contribution in [0.4, 0.5) is 4.39 Å². The standard InChI is InChI=1S/C17H22BClFNO3/c1-16(2)17(3,4)24-18(23-16)14(20)12-8-11(9-12)10-22-15-13(19)6-5-7-21-15/h5-7,11H,8-10H2,1-4H3. The summed E-state index contributed by atoms with van der Waals surface area (Å²) in [7, 11) is -0.905. The highest BCUT2D eigenvalue weighted by Crippen LogP contribution is 2.43. The fourth-order valence-electron chi connectivity index (χ4n) is 2.74. The molecule has 7 heteroatoms. The van der Waals surface area contributed by atoms with Gasteiger partial charge in [-0.05, 0) is 58.2 Å². The van der Waals surface area contributed by atoms with Gasteiger partial charge in [0.05, 0.1) is 17.8 Å². The molecule has 0 amide bonds. The van der Waals surface area contributed by atoms with E-state index in [1.165, 1.54) is 0 Å². The Bertz CT molecular complexity index is 641. The molecule has 2 fully saturated rings. The number of hydrogen-bond donors (Lipinski definition) is 0. The first-order chi connectivity index (χ1) is 11.2. The molecule has 0 N–H and O–H groups in total. The van der Waals surface area contributed by atoms with Crippen molar-refractivity contribution in [3.05, 3.63) is 34.7 Å². The average molecular weight is 354 g/mol. The van der Waals surface area contributed by atoms with Crippen molar-refractivity contribution >= 4 is 18.7 Å². The number of halogens is 2. The molecule has 3 rings (SSSR count). The Kier molecular flexibility index (Phi) is 4.66. The lowest BCUT2D eigenvalue weighted by Gasteiger charge is -2.32. The minimum absolute atomic E-state index is 0.256. The monoisotopic (exact) mass is 353 g/mol. The SMILES string of the molecule is CC1(C)OB(C(F)=C2CC(COc3ncccc3Cl)C2)OC1(C)C. The van der Waals surface area contributed by atoms with Crippen LogP contribution in [0.1, 0.15) is 40.5 Å². The van der Waals surface area contributed by atoms with Gasteiger partial charge in [-0.15, -0.1) is 0 Å². The van der Waals surface area contributed by atoms with Crippen LogP contribution in [-0.2, 0) is 9.31 Å². The van der Waals surface area contributed by atoms with E-state index in [-0.39, 0.29) is 11.6 Å². The van der Waals surface area contributed by atoms with Gasteiger partial charge in [0.2, 0.25) is 5.88 Å². The number of ether oxygens (including phenoxy) is 1. The van der Waals surface area contributed by atoms with Crippen molar-refractivity contribution in [2.24, 2.45) is 5.92 Å². The third-order valence-electron chi connectivity index (χ3n) is 5.05. The first kappa shape index (κ1) is 17.7. The van der Waals surface area contributed by atoms with E-state index in [4.69, 9.17) is 25.6 Å². The lowest BCUT2D eigenvalue weighted by atomic mass is 9.73. The van der Waals surface area contributed by atoms with Gasteiger partial charge in [0.15, 0.2) is 0 Å². The van der Waals surface area contributed by atoms with Crippen LogP contribution in [0, 0.1) is 5.92 Å². The summed E-state index contributed by atoms with van der Waals surface area (Å²) < 4.78 is 31.7. The molecule has 0 radical (unpaired) electrons. The van der Waals surface area contributed by atoms with Crippen LogP contribution < -0.4 is 4.74 Å². The fraction of sp³-hybridized carbons (Fsp3) is 0.588. The smallest absolute Gasteiger partial charge is 0.476 e. The number of aromatic nitrogens is 1. The predicted molar refractivity (Wildman–Crippen MR) is 91.7 cm³/mol. The zero-order valence-corrected chi connectivity index (χ0v) is 15.2. The average Bonchev–Trinajstić information content (AvgIpc) is 2.67. The molecular weight excluding hydrogens is 331 g/mol. The van der Waals surface area contributed by atoms with Crippen LogP contribution in [0.2, 0.25) is 5.02 Å². The van der Waals surface area contributed by atoms with Gasteiger partial charge in [0.1, 0.15) is 10.7 Å². The molecule has 1 aliphatic heterocycles. The summed E-state index contributed by atoms with van der Waals surface area (Å²) in [6, 6.07) is 3.48. The Hall–Kier alpha value is -1.11. The summed E-state index contributed by atoms with van der Waals surface area (Å²) in [5.74, 6) is 0.675. The maximum Gasteiger partial charge on any atom is 0.525 e. The summed E-state index contributed by atoms with van der Waals surface area (Å²) in [6.07, 6.45) is 2.91. The lowest BCUT2D eigenvalue weighted by molar-refractivity contribution is 0.00578. The van der Waals surface area contributed by atoms with E-state index in [2.05, 4.69) is 4.98 Å². The topological polar surface area (TPSA) is 40.6 Å². The normalized spacial score (nSPS) is 24.7. The third kappa shape index (κ3) is 3.32. The Morgan fingerprint density at radius 2 is 1.96 bits per heavy atom. The van der Waals surface area contributed by atoms with E-state index in [9.17, 15) is 4.39 Å². The van der Waals surface area contributed by atoms with Crippen LogP contribution in [0.25, 0.3) is 0 Å². The second kappa shape index (κ2) is 6.32. The van der Waals surface area contributed by atoms with Crippen molar-refractivity contribution in [2.75, 3.05) is 6.61 Å². The molecule has 0 aromatic carbocycles. The molecule has 1 saturated carbocycles. The number of nitrogens with zero attached hydrogens (tertiary/aromatic N) is 1. The summed E-state index contributed by atoms with van der Waals surface area (Å²) in [5, 5.41) is 0.482. The number of pyridine rings is 1. The van der Waals surface area contributed by atoms with E-state index in [1.807, 2.05) is 27.7 Å². The fourth-order valence-corrected chi connectivity index (χ4v) is 2.91. The first-order valence-electron chi connectivity index (χ1n) is 8.16. The predicted octanol–water partition coefficient (Wildman–Crippen LogP) is 4.38. The molecule has 0 unspecified atom stereocenters. The summed E-state index contributed by atoms with van der Waals surface area (Å²) in [4.78, 5) is 4.08. The Morgan fingerprint density at radius 3 is 2.54 bits per heavy atom. The number of allylic oxidation sites excluding steroid dienone is 1. The third-order valence-corrected chi connectivity index (χ3v) is 5.34. The number of rotatable bonds is 4. The zero-order valence-electron chi connectivity index (χ0n) is 14.4. The molecule has 1 saturated heterocycles. The highest BCUT2D eigenvalue weighted by Gasteiger charge is 2.54. The Balaban J connectivity index is 1.54. The molecule has 1 aliphatic carbocycles. The molecule has 24 heavy (non-hydrogen) atoms. The highest BCUT2D eigenvalue weighted by atomic mass is 35.5. The van der Waals surface area contributed by atoms with Gasteiger partial charge < -0.3 is 14.0 Å². The Labute approximate surface area is 147 Å². The van der Waals surface area contributed by atoms with E-state index in [0.717, 1.165) is 5.57 Å². The van der Waals surface area contributed by atoms with Crippen molar-refractivity contribution in [3.8, 4) is 5.88 Å². The van der Waals surface area contributed by atoms with Crippen LogP contribution in [-0.4, -0.2) is 29.9 Å². The van der Waals surface area contributed by atoms with Crippen molar-refractivity contribution in [2.45, 2.75) is 51.7 Å². The molecule has 2 heterocycles. The van der Waals surface area contributed by atoms with Crippen LogP contribution in [0.15, 0.2) is 29.6 Å². The second-order valence-corrected chi connectivity index (χ2v) is 7.82. The van der Waals surface area contributed by atoms with Gasteiger partial charge in [-0.1, -0.05) is 11.6 Å². The molecule has 1 aromatic rings. The van der Waals surface area contributed by atoms with Crippen molar-refractivity contribution in [3.63, 3.8) is 0 Å². The van der Waals surface area contributed by atoms with Gasteiger partial charge >= 0.3 is 7.12 Å². The molecule has 4 nitrogen and oxygen atoms in total. The van der Waals surface area contributed by atoms with E-state index in [1.54, 1.807) is 18.3 Å². The maximum absolute atomic E-state index is 14.6. The number of hydrogen-bond acceptors (Lipinski definition) is 4. The van der Waals surface area contributed by atoms with Gasteiger partial charge in [0, 0.05) is 12.1 Å². The van der Waals surface area contributed by atoms with Gasteiger partial charge in [-0.25, -0.2) is 9.37 Å². The van der Waals surface area contributed by atoms with E-state index >= 15 is 0 Å². The highest BCUT2D eigenvalue weighted by molar-refractivity contribution is 6.53. The van der Waals surface area contributed by atoms with Gasteiger partial charge in [-0.2, -0.15) is 0 Å². The van der Waals surface area contributed by atoms with Crippen molar-refractivity contribution in [1.29, 1.82) is 0 Å². The van der Waals surface area contributed by atoms with Gasteiger partial charge in [0.25, 0.3) is 0 Å². The largest absolute Gasteiger partial charge is 0.525 e. The molecule has 0 spiro atoms. The first-order valence-corrected chi connectivity index (χ1v) is 8.54. The van der Waals surface area contributed by atoms with Crippen LogP contribution in [0.5, 0.6) is 5.88 Å². The van der Waals surface area contributed by atoms with Crippen molar-refractivity contribution < 1.29 is 18.4 Å². The Morgan fingerprint density at radius 1 is 1.33 bits per heavy atom. The second-order valence-electron chi connectivity index (χ2n) is 7.42. The molecule has 1 aromatic heterocycles. The summed E-state index contributed by atoms with van der Waals surface area (Å²) in [5.41, 5.74) is -0.607. The van der Waals surface area contributed by atoms with Gasteiger partial charge in [-0.3, -0.25) is 0 Å². The molecule has 2 aliphatic rings. The molecule has 130 valence electrons. The quantitative estimate of drug-likeness (QED) is 0.753. The molecule has 0 atom stereocenters. The lowest BCUT2D eigenvalue weighted by Crippen LogP contribution is -2.41. The van der Waals surface area contributed by atoms with Crippen LogP contribution in [0.3, 0.4) is 0 Å². The maximum atomic E-state index is 14.6. The summed E-state index contributed by atoms with van der Waals surface area (Å²) in [6.45, 7) is 8.13. The molecule has 0 bridgehead atoms. The molecular formula is C17H22BClFNO3. The van der Waals surface area contributed by atoms with Crippen LogP contribution >= 0.6 is 11.6 Å². The minimum Gasteiger partial charge on any atom is -0.476 e. The van der Waals surface area contributed by atoms with E-state index < -0.39 is 18.3 Å². The van der Waals surface area contributed by atoms with Crippen molar-refractivity contribution in [1.82, 2.24) is 4.98 Å².